The van der Waals surface area contributed by atoms with Crippen molar-refractivity contribution in [3.05, 3.63) is 18.0 Å². The van der Waals surface area contributed by atoms with E-state index in [0.29, 0.717) is 0 Å². The lowest BCUT2D eigenvalue weighted by Crippen LogP contribution is -2.36. The third kappa shape index (κ3) is 3.29. The highest BCUT2D eigenvalue weighted by molar-refractivity contribution is 14.1. The van der Waals surface area contributed by atoms with Gasteiger partial charge in [0.2, 0.25) is 3.79 Å². The van der Waals surface area contributed by atoms with Crippen LogP contribution in [-0.4, -0.2) is 32.9 Å². The van der Waals surface area contributed by atoms with Crippen LogP contribution in [0.2, 0.25) is 0 Å². The fourth-order valence-electron chi connectivity index (χ4n) is 1.09. The highest BCUT2D eigenvalue weighted by Crippen LogP contribution is 2.27. The van der Waals surface area contributed by atoms with Gasteiger partial charge in [0, 0.05) is 34.9 Å². The molecule has 1 atom stereocenters. The second-order valence-electron chi connectivity index (χ2n) is 3.21. The quantitative estimate of drug-likeness (QED) is 0.622. The first kappa shape index (κ1) is 13.7. The summed E-state index contributed by atoms with van der Waals surface area (Å²) in [4.78, 5) is 26.4. The molecule has 1 rings (SSSR count). The molecule has 17 heavy (non-hydrogen) atoms. The van der Waals surface area contributed by atoms with E-state index >= 15 is 0 Å². The van der Waals surface area contributed by atoms with E-state index in [4.69, 9.17) is 4.74 Å². The molecule has 2 N–H and O–H groups in total. The van der Waals surface area contributed by atoms with Crippen molar-refractivity contribution in [2.24, 2.45) is 0 Å². The summed E-state index contributed by atoms with van der Waals surface area (Å²) in [5.41, 5.74) is -0.172. The van der Waals surface area contributed by atoms with Gasteiger partial charge in [-0.15, -0.1) is 0 Å². The summed E-state index contributed by atoms with van der Waals surface area (Å²) >= 11 is 1.58. The number of amides is 1. The van der Waals surface area contributed by atoms with Gasteiger partial charge < -0.3 is 15.2 Å². The van der Waals surface area contributed by atoms with Crippen molar-refractivity contribution in [3.63, 3.8) is 0 Å². The number of hydrogen-bond acceptors (Lipinski definition) is 5. The molecular weight excluding hydrogens is 339 g/mol. The van der Waals surface area contributed by atoms with Gasteiger partial charge in [-0.2, -0.15) is 0 Å². The Kier molecular flexibility index (Phi) is 4.67. The fourth-order valence-corrected chi connectivity index (χ4v) is 1.24. The minimum atomic E-state index is -0.643. The molecule has 0 aliphatic carbocycles. The van der Waals surface area contributed by atoms with Crippen molar-refractivity contribution < 1.29 is 19.4 Å². The molecule has 1 aromatic heterocycles. The number of nitrogens with one attached hydrogen (secondary N) is 1. The Morgan fingerprint density at radius 1 is 1.59 bits per heavy atom. The maximum Gasteiger partial charge on any atom is 0.274 e. The molecule has 0 bridgehead atoms. The first-order chi connectivity index (χ1) is 7.97. The van der Waals surface area contributed by atoms with Crippen LogP contribution in [0, 0.1) is 0 Å². The Labute approximate surface area is 112 Å². The summed E-state index contributed by atoms with van der Waals surface area (Å²) in [6, 6.07) is 0.787. The molecule has 1 aromatic rings. The SMILES string of the molecule is COc1ccnc(C(=O)N[C@@H](C)C(=O)I)c1O. The molecule has 0 unspecified atom stereocenters. The Morgan fingerprint density at radius 3 is 2.76 bits per heavy atom. The number of methoxy groups -OCH3 is 1. The largest absolute Gasteiger partial charge is 0.503 e. The van der Waals surface area contributed by atoms with Gasteiger partial charge in [0.15, 0.2) is 17.2 Å². The number of hydrogen-bond donors (Lipinski definition) is 2. The number of halogens is 1. The summed E-state index contributed by atoms with van der Waals surface area (Å²) in [6.07, 6.45) is 1.34. The molecule has 1 amide bonds. The Balaban J connectivity index is 2.93. The van der Waals surface area contributed by atoms with Crippen LogP contribution in [0.1, 0.15) is 17.4 Å². The molecule has 6 nitrogen and oxygen atoms in total. The first-order valence-corrected chi connectivity index (χ1v) is 5.77. The minimum absolute atomic E-state index is 0.151. The Hall–Kier alpha value is -1.38. The number of carbonyl (C=O) groups is 2. The molecule has 0 saturated heterocycles. The lowest BCUT2D eigenvalue weighted by Gasteiger charge is -2.11. The van der Waals surface area contributed by atoms with Gasteiger partial charge in [-0.05, 0) is 6.92 Å². The van der Waals surface area contributed by atoms with Crippen LogP contribution in [0.25, 0.3) is 0 Å². The predicted octanol–water partition coefficient (Wildman–Crippen LogP) is 0.876. The third-order valence-corrected chi connectivity index (χ3v) is 2.94. The number of aromatic nitrogens is 1. The van der Waals surface area contributed by atoms with E-state index in [1.807, 2.05) is 0 Å². The van der Waals surface area contributed by atoms with Crippen LogP contribution in [0.5, 0.6) is 11.5 Å². The van der Waals surface area contributed by atoms with E-state index in [0.717, 1.165) is 0 Å². The summed E-state index contributed by atoms with van der Waals surface area (Å²) < 4.78 is 4.64. The number of nitrogens with zero attached hydrogens (tertiary/aromatic N) is 1. The fraction of sp³-hybridized carbons (Fsp3) is 0.300. The summed E-state index contributed by atoms with van der Waals surface area (Å²) in [5, 5.41) is 12.1. The van der Waals surface area contributed by atoms with Crippen LogP contribution >= 0.6 is 22.6 Å². The van der Waals surface area contributed by atoms with Crippen molar-refractivity contribution in [3.8, 4) is 11.5 Å². The van der Waals surface area contributed by atoms with Crippen molar-refractivity contribution in [2.45, 2.75) is 13.0 Å². The lowest BCUT2D eigenvalue weighted by atomic mass is 10.2. The topological polar surface area (TPSA) is 88.5 Å². The normalized spacial score (nSPS) is 11.7. The molecular formula is C10H11IN2O4. The average Bonchev–Trinajstić information content (AvgIpc) is 2.28. The lowest BCUT2D eigenvalue weighted by molar-refractivity contribution is -0.110. The van der Waals surface area contributed by atoms with E-state index in [-0.39, 0.29) is 21.0 Å². The highest BCUT2D eigenvalue weighted by atomic mass is 127. The van der Waals surface area contributed by atoms with Gasteiger partial charge in [-0.3, -0.25) is 9.59 Å². The van der Waals surface area contributed by atoms with Crippen molar-refractivity contribution in [2.75, 3.05) is 7.11 Å². The molecule has 0 aromatic carbocycles. The van der Waals surface area contributed by atoms with Gasteiger partial charge in [0.25, 0.3) is 5.91 Å². The zero-order valence-electron chi connectivity index (χ0n) is 9.23. The number of ether oxygens (including phenoxy) is 1. The highest BCUT2D eigenvalue weighted by Gasteiger charge is 2.20. The van der Waals surface area contributed by atoms with Gasteiger partial charge in [0.05, 0.1) is 13.2 Å². The third-order valence-electron chi connectivity index (χ3n) is 2.01. The summed E-state index contributed by atoms with van der Waals surface area (Å²) in [6.45, 7) is 1.55. The standard InChI is InChI=1S/C10H11IN2O4/c1-5(9(11)15)13-10(16)7-8(14)6(17-2)3-4-12-7/h3-5,14H,1-2H3,(H,13,16)/t5-/m0/s1. The number of aromatic hydroxyl groups is 1. The molecule has 0 fully saturated rings. The molecule has 0 aliphatic heterocycles. The zero-order valence-corrected chi connectivity index (χ0v) is 11.4. The van der Waals surface area contributed by atoms with Gasteiger partial charge in [-0.1, -0.05) is 0 Å². The monoisotopic (exact) mass is 350 g/mol. The molecule has 1 heterocycles. The summed E-state index contributed by atoms with van der Waals surface area (Å²) in [7, 11) is 1.37. The van der Waals surface area contributed by atoms with Crippen molar-refractivity contribution in [1.82, 2.24) is 10.3 Å². The van der Waals surface area contributed by atoms with E-state index in [9.17, 15) is 14.7 Å². The number of pyridine rings is 1. The van der Waals surface area contributed by atoms with Crippen molar-refractivity contribution in [1.29, 1.82) is 0 Å². The maximum atomic E-state index is 11.7. The van der Waals surface area contributed by atoms with E-state index < -0.39 is 11.9 Å². The van der Waals surface area contributed by atoms with E-state index in [1.165, 1.54) is 19.4 Å². The molecule has 0 spiro atoms. The van der Waals surface area contributed by atoms with Crippen LogP contribution in [0.3, 0.4) is 0 Å². The minimum Gasteiger partial charge on any atom is -0.503 e. The summed E-state index contributed by atoms with van der Waals surface area (Å²) in [5.74, 6) is -0.821. The van der Waals surface area contributed by atoms with Gasteiger partial charge in [0.1, 0.15) is 0 Å². The zero-order chi connectivity index (χ0) is 13.0. The van der Waals surface area contributed by atoms with Crippen LogP contribution < -0.4 is 10.1 Å². The Morgan fingerprint density at radius 2 is 2.24 bits per heavy atom. The Bertz CT molecular complexity index is 450. The van der Waals surface area contributed by atoms with Crippen molar-refractivity contribution >= 4 is 32.3 Å². The van der Waals surface area contributed by atoms with Crippen LogP contribution in [0.4, 0.5) is 0 Å². The molecule has 0 saturated carbocycles. The maximum absolute atomic E-state index is 11.7. The molecule has 0 aliphatic rings. The van der Waals surface area contributed by atoms with Gasteiger partial charge in [-0.25, -0.2) is 4.98 Å². The second-order valence-corrected chi connectivity index (χ2v) is 4.27. The van der Waals surface area contributed by atoms with E-state index in [2.05, 4.69) is 10.3 Å². The van der Waals surface area contributed by atoms with Gasteiger partial charge >= 0.3 is 0 Å². The average molecular weight is 350 g/mol. The van der Waals surface area contributed by atoms with Crippen LogP contribution in [-0.2, 0) is 4.79 Å². The second kappa shape index (κ2) is 5.80. The smallest absolute Gasteiger partial charge is 0.274 e. The number of carbonyl (C=O) groups excluding carboxylic acids is 2. The molecule has 92 valence electrons. The number of rotatable bonds is 4. The van der Waals surface area contributed by atoms with Crippen LogP contribution in [0.15, 0.2) is 12.3 Å². The predicted molar refractivity (Wildman–Crippen MR) is 68.4 cm³/mol. The molecule has 7 heteroatoms. The first-order valence-electron chi connectivity index (χ1n) is 4.69. The molecule has 0 radical (unpaired) electrons. The van der Waals surface area contributed by atoms with E-state index in [1.54, 1.807) is 29.5 Å².